The monoisotopic (exact) mass is 299 g/mol. The summed E-state index contributed by atoms with van der Waals surface area (Å²) in [5.74, 6) is 0.214. The number of hydrogen-bond donors (Lipinski definition) is 0. The zero-order valence-electron chi connectivity index (χ0n) is 9.45. The zero-order valence-corrected chi connectivity index (χ0v) is 10.2. The first-order valence-electron chi connectivity index (χ1n) is 5.01. The Kier molecular flexibility index (Phi) is 5.37. The molecule has 0 aliphatic rings. The van der Waals surface area contributed by atoms with Gasteiger partial charge in [-0.3, -0.25) is 10.1 Å². The van der Waals surface area contributed by atoms with Gasteiger partial charge in [0, 0.05) is 12.1 Å². The van der Waals surface area contributed by atoms with Crippen molar-refractivity contribution >= 4 is 17.3 Å². The number of hydrogen-bond acceptors (Lipinski definition) is 4. The molecule has 1 aromatic carbocycles. The molecule has 106 valence electrons. The fourth-order valence-electron chi connectivity index (χ4n) is 1.13. The van der Waals surface area contributed by atoms with E-state index in [2.05, 4.69) is 4.74 Å². The van der Waals surface area contributed by atoms with Crippen molar-refractivity contribution in [3.8, 4) is 5.75 Å². The van der Waals surface area contributed by atoms with Gasteiger partial charge in [-0.25, -0.2) is 0 Å². The first-order valence-corrected chi connectivity index (χ1v) is 5.38. The van der Waals surface area contributed by atoms with E-state index >= 15 is 0 Å². The second-order valence-corrected chi connectivity index (χ2v) is 3.79. The van der Waals surface area contributed by atoms with Gasteiger partial charge in [0.25, 0.3) is 5.69 Å². The maximum Gasteiger partial charge on any atom is 0.411 e. The molecule has 0 spiro atoms. The fourth-order valence-corrected chi connectivity index (χ4v) is 1.37. The molecule has 9 heteroatoms. The molecule has 1 rings (SSSR count). The van der Waals surface area contributed by atoms with Gasteiger partial charge < -0.3 is 9.47 Å². The SMILES string of the molecule is O=[N+]([O-])c1ccc(OCCOCC(F)(F)F)cc1Cl. The third-order valence-corrected chi connectivity index (χ3v) is 2.18. The molecule has 0 aliphatic carbocycles. The van der Waals surface area contributed by atoms with Crippen molar-refractivity contribution in [1.82, 2.24) is 0 Å². The molecule has 0 amide bonds. The second kappa shape index (κ2) is 6.58. The first kappa shape index (κ1) is 15.5. The van der Waals surface area contributed by atoms with E-state index in [0.717, 1.165) is 6.07 Å². The lowest BCUT2D eigenvalue weighted by atomic mass is 10.3. The lowest BCUT2D eigenvalue weighted by molar-refractivity contribution is -0.384. The molecule has 0 aromatic heterocycles. The highest BCUT2D eigenvalue weighted by Gasteiger charge is 2.27. The predicted octanol–water partition coefficient (Wildman–Crippen LogP) is 3.21. The molecule has 0 saturated carbocycles. The summed E-state index contributed by atoms with van der Waals surface area (Å²) in [4.78, 5) is 9.83. The molecule has 0 unspecified atom stereocenters. The van der Waals surface area contributed by atoms with E-state index in [1.165, 1.54) is 12.1 Å². The Morgan fingerprint density at radius 1 is 1.32 bits per heavy atom. The minimum atomic E-state index is -4.38. The van der Waals surface area contributed by atoms with Crippen LogP contribution in [0.1, 0.15) is 0 Å². The topological polar surface area (TPSA) is 61.6 Å². The van der Waals surface area contributed by atoms with Crippen molar-refractivity contribution in [2.24, 2.45) is 0 Å². The van der Waals surface area contributed by atoms with Gasteiger partial charge >= 0.3 is 6.18 Å². The third-order valence-electron chi connectivity index (χ3n) is 1.88. The maximum absolute atomic E-state index is 11.7. The Balaban J connectivity index is 2.38. The third kappa shape index (κ3) is 5.75. The smallest absolute Gasteiger partial charge is 0.411 e. The number of ether oxygens (including phenoxy) is 2. The first-order chi connectivity index (χ1) is 8.79. The Bertz CT molecular complexity index is 453. The molecular formula is C10H9ClF3NO4. The van der Waals surface area contributed by atoms with Crippen molar-refractivity contribution in [2.45, 2.75) is 6.18 Å². The van der Waals surface area contributed by atoms with E-state index in [0.29, 0.717) is 0 Å². The zero-order chi connectivity index (χ0) is 14.5. The van der Waals surface area contributed by atoms with Crippen LogP contribution in [0.2, 0.25) is 5.02 Å². The van der Waals surface area contributed by atoms with Crippen LogP contribution in [0.3, 0.4) is 0 Å². The standard InChI is InChI=1S/C10H9ClF3NO4/c11-8-5-7(1-2-9(8)15(16)17)19-4-3-18-6-10(12,13)14/h1-2,5H,3-4,6H2. The number of alkyl halides is 3. The van der Waals surface area contributed by atoms with Crippen molar-refractivity contribution in [1.29, 1.82) is 0 Å². The summed E-state index contributed by atoms with van der Waals surface area (Å²) < 4.78 is 44.6. The van der Waals surface area contributed by atoms with Crippen molar-refractivity contribution in [3.05, 3.63) is 33.3 Å². The van der Waals surface area contributed by atoms with Crippen LogP contribution in [0.25, 0.3) is 0 Å². The number of rotatable bonds is 6. The van der Waals surface area contributed by atoms with Crippen LogP contribution >= 0.6 is 11.6 Å². The van der Waals surface area contributed by atoms with E-state index in [1.54, 1.807) is 0 Å². The molecule has 0 saturated heterocycles. The van der Waals surface area contributed by atoms with Crippen LogP contribution in [0.5, 0.6) is 5.75 Å². The Morgan fingerprint density at radius 2 is 2.00 bits per heavy atom. The normalized spacial score (nSPS) is 11.4. The molecule has 5 nitrogen and oxygen atoms in total. The van der Waals surface area contributed by atoms with Crippen molar-refractivity contribution < 1.29 is 27.6 Å². The number of benzene rings is 1. The summed E-state index contributed by atoms with van der Waals surface area (Å²) in [6, 6.07) is 3.66. The number of halogens is 4. The lowest BCUT2D eigenvalue weighted by Gasteiger charge is -2.09. The average molecular weight is 300 g/mol. The van der Waals surface area contributed by atoms with E-state index in [9.17, 15) is 23.3 Å². The summed E-state index contributed by atoms with van der Waals surface area (Å²) in [5.41, 5.74) is -0.276. The Labute approximate surface area is 111 Å². The number of nitro benzene ring substituents is 1. The van der Waals surface area contributed by atoms with Gasteiger partial charge in [-0.15, -0.1) is 0 Å². The van der Waals surface area contributed by atoms with Crippen LogP contribution in [0.15, 0.2) is 18.2 Å². The van der Waals surface area contributed by atoms with Gasteiger partial charge in [0.05, 0.1) is 11.5 Å². The number of nitro groups is 1. The summed E-state index contributed by atoms with van der Waals surface area (Å²) in [5, 5.41) is 10.4. The average Bonchev–Trinajstić information content (AvgIpc) is 2.26. The molecule has 0 heterocycles. The molecule has 0 fully saturated rings. The molecule has 0 radical (unpaired) electrons. The van der Waals surface area contributed by atoms with E-state index in [1.807, 2.05) is 0 Å². The predicted molar refractivity (Wildman–Crippen MR) is 60.5 cm³/mol. The molecular weight excluding hydrogens is 291 g/mol. The van der Waals surface area contributed by atoms with Gasteiger partial charge in [0.1, 0.15) is 24.0 Å². The summed E-state index contributed by atoms with van der Waals surface area (Å²) in [6.07, 6.45) is -4.38. The molecule has 19 heavy (non-hydrogen) atoms. The highest BCUT2D eigenvalue weighted by Crippen LogP contribution is 2.28. The summed E-state index contributed by atoms with van der Waals surface area (Å²) >= 11 is 5.62. The summed E-state index contributed by atoms with van der Waals surface area (Å²) in [6.45, 7) is -1.73. The molecule has 1 aromatic rings. The van der Waals surface area contributed by atoms with Crippen molar-refractivity contribution in [3.63, 3.8) is 0 Å². The second-order valence-electron chi connectivity index (χ2n) is 3.39. The maximum atomic E-state index is 11.7. The molecule has 0 atom stereocenters. The van der Waals surface area contributed by atoms with Gasteiger partial charge in [-0.1, -0.05) is 11.6 Å². The summed E-state index contributed by atoms with van der Waals surface area (Å²) in [7, 11) is 0. The highest BCUT2D eigenvalue weighted by molar-refractivity contribution is 6.32. The van der Waals surface area contributed by atoms with Crippen molar-refractivity contribution in [2.75, 3.05) is 19.8 Å². The fraction of sp³-hybridized carbons (Fsp3) is 0.400. The van der Waals surface area contributed by atoms with Crippen LogP contribution in [-0.4, -0.2) is 30.9 Å². The van der Waals surface area contributed by atoms with Gasteiger partial charge in [-0.05, 0) is 6.07 Å². The van der Waals surface area contributed by atoms with Gasteiger partial charge in [-0.2, -0.15) is 13.2 Å². The highest BCUT2D eigenvalue weighted by atomic mass is 35.5. The van der Waals surface area contributed by atoms with E-state index in [4.69, 9.17) is 16.3 Å². The minimum Gasteiger partial charge on any atom is -0.491 e. The Hall–Kier alpha value is -1.54. The van der Waals surface area contributed by atoms with E-state index < -0.39 is 17.7 Å². The molecule has 0 aliphatic heterocycles. The largest absolute Gasteiger partial charge is 0.491 e. The number of nitrogens with zero attached hydrogens (tertiary/aromatic N) is 1. The van der Waals surface area contributed by atoms with E-state index in [-0.39, 0.29) is 29.7 Å². The quantitative estimate of drug-likeness (QED) is 0.460. The van der Waals surface area contributed by atoms with Gasteiger partial charge in [0.2, 0.25) is 0 Å². The van der Waals surface area contributed by atoms with Gasteiger partial charge in [0.15, 0.2) is 0 Å². The van der Waals surface area contributed by atoms with Crippen LogP contribution in [0, 0.1) is 10.1 Å². The van der Waals surface area contributed by atoms with Crippen LogP contribution in [-0.2, 0) is 4.74 Å². The molecule has 0 N–H and O–H groups in total. The Morgan fingerprint density at radius 3 is 2.53 bits per heavy atom. The lowest BCUT2D eigenvalue weighted by Crippen LogP contribution is -2.19. The van der Waals surface area contributed by atoms with Crippen LogP contribution < -0.4 is 4.74 Å². The molecule has 0 bridgehead atoms. The van der Waals surface area contributed by atoms with Crippen LogP contribution in [0.4, 0.5) is 18.9 Å². The minimum absolute atomic E-state index is 0.112.